The molecule has 1 aromatic carbocycles. The molecule has 4 nitrogen and oxygen atoms in total. The molecule has 110 valence electrons. The molecule has 21 heavy (non-hydrogen) atoms. The van der Waals surface area contributed by atoms with Gasteiger partial charge in [-0.15, -0.1) is 6.58 Å². The van der Waals surface area contributed by atoms with Crippen LogP contribution in [0.1, 0.15) is 5.56 Å². The second-order valence-corrected chi connectivity index (χ2v) is 6.97. The highest BCUT2D eigenvalue weighted by atomic mass is 127. The maximum atomic E-state index is 12.2. The Morgan fingerprint density at radius 3 is 2.90 bits per heavy atom. The summed E-state index contributed by atoms with van der Waals surface area (Å²) in [5.74, 6) is 0.330. The molecule has 0 spiro atoms. The van der Waals surface area contributed by atoms with Crippen LogP contribution in [0.4, 0.5) is 0 Å². The third kappa shape index (κ3) is 3.41. The molecule has 2 rings (SSSR count). The number of nitrogens with zero attached hydrogens (tertiary/aromatic N) is 1. The van der Waals surface area contributed by atoms with E-state index < -0.39 is 0 Å². The van der Waals surface area contributed by atoms with Gasteiger partial charge in [-0.25, -0.2) is 0 Å². The van der Waals surface area contributed by atoms with Crippen LogP contribution in [0.3, 0.4) is 0 Å². The smallest absolute Gasteiger partial charge is 0.266 e. The van der Waals surface area contributed by atoms with Gasteiger partial charge in [0.15, 0.2) is 11.5 Å². The monoisotopic (exact) mass is 433 g/mol. The molecule has 1 aliphatic heterocycles. The molecule has 0 saturated carbocycles. The van der Waals surface area contributed by atoms with Gasteiger partial charge >= 0.3 is 0 Å². The van der Waals surface area contributed by atoms with Gasteiger partial charge in [0.2, 0.25) is 0 Å². The van der Waals surface area contributed by atoms with E-state index in [1.807, 2.05) is 22.6 Å². The molecule has 1 fully saturated rings. The zero-order valence-corrected chi connectivity index (χ0v) is 14.9. The Balaban J connectivity index is 2.37. The van der Waals surface area contributed by atoms with Gasteiger partial charge in [0.25, 0.3) is 5.91 Å². The number of amides is 1. The van der Waals surface area contributed by atoms with Crippen molar-refractivity contribution in [3.8, 4) is 11.5 Å². The summed E-state index contributed by atoms with van der Waals surface area (Å²) < 4.78 is 6.29. The Morgan fingerprint density at radius 2 is 2.29 bits per heavy atom. The van der Waals surface area contributed by atoms with Crippen molar-refractivity contribution in [3.63, 3.8) is 0 Å². The molecule has 7 heteroatoms. The lowest BCUT2D eigenvalue weighted by Crippen LogP contribution is -2.27. The molecule has 0 atom stereocenters. The summed E-state index contributed by atoms with van der Waals surface area (Å²) >= 11 is 8.45. The predicted molar refractivity (Wildman–Crippen MR) is 97.5 cm³/mol. The van der Waals surface area contributed by atoms with Crippen molar-refractivity contribution < 1.29 is 14.6 Å². The van der Waals surface area contributed by atoms with Gasteiger partial charge in [-0.3, -0.25) is 9.69 Å². The van der Waals surface area contributed by atoms with E-state index in [4.69, 9.17) is 17.0 Å². The van der Waals surface area contributed by atoms with Gasteiger partial charge in [0, 0.05) is 6.54 Å². The number of phenols is 1. The van der Waals surface area contributed by atoms with E-state index in [1.54, 1.807) is 24.3 Å². The van der Waals surface area contributed by atoms with E-state index >= 15 is 0 Å². The van der Waals surface area contributed by atoms with Gasteiger partial charge in [-0.1, -0.05) is 30.1 Å². The number of thiocarbonyl (C=S) groups is 1. The molecular formula is C14H12INO3S2. The zero-order chi connectivity index (χ0) is 15.6. The van der Waals surface area contributed by atoms with Gasteiger partial charge in [-0.05, 0) is 46.4 Å². The molecular weight excluding hydrogens is 421 g/mol. The van der Waals surface area contributed by atoms with Gasteiger partial charge < -0.3 is 9.84 Å². The van der Waals surface area contributed by atoms with Gasteiger partial charge in [-0.2, -0.15) is 0 Å². The summed E-state index contributed by atoms with van der Waals surface area (Å²) in [6.45, 7) is 4.02. The fourth-order valence-electron chi connectivity index (χ4n) is 1.77. The number of carbonyl (C=O) groups is 1. The molecule has 1 N–H and O–H groups in total. The van der Waals surface area contributed by atoms with Crippen molar-refractivity contribution in [2.24, 2.45) is 0 Å². The minimum Gasteiger partial charge on any atom is -0.504 e. The zero-order valence-electron chi connectivity index (χ0n) is 11.1. The highest BCUT2D eigenvalue weighted by Gasteiger charge is 2.31. The number of thioether (sulfide) groups is 1. The minimum absolute atomic E-state index is 0.0921. The van der Waals surface area contributed by atoms with Crippen LogP contribution in [0.5, 0.6) is 11.5 Å². The molecule has 1 aliphatic rings. The first-order valence-corrected chi connectivity index (χ1v) is 8.21. The van der Waals surface area contributed by atoms with Crippen molar-refractivity contribution in [3.05, 3.63) is 38.8 Å². The number of aromatic hydroxyl groups is 1. The third-order valence-corrected chi connectivity index (χ3v) is 4.95. The number of carbonyl (C=O) groups excluding carboxylic acids is 1. The quantitative estimate of drug-likeness (QED) is 0.342. The Kier molecular flexibility index (Phi) is 5.28. The molecule has 1 aromatic rings. The summed E-state index contributed by atoms with van der Waals surface area (Å²) in [6, 6.07) is 3.45. The molecule has 0 aromatic heterocycles. The van der Waals surface area contributed by atoms with Gasteiger partial charge in [0.05, 0.1) is 15.6 Å². The second-order valence-electron chi connectivity index (χ2n) is 4.13. The largest absolute Gasteiger partial charge is 0.504 e. The van der Waals surface area contributed by atoms with E-state index in [1.165, 1.54) is 23.8 Å². The van der Waals surface area contributed by atoms with E-state index in [-0.39, 0.29) is 11.7 Å². The lowest BCUT2D eigenvalue weighted by atomic mass is 10.2. The number of halogens is 1. The highest BCUT2D eigenvalue weighted by molar-refractivity contribution is 14.1. The summed E-state index contributed by atoms with van der Waals surface area (Å²) in [5.41, 5.74) is 0.771. The number of hydrogen-bond donors (Lipinski definition) is 1. The first-order chi connectivity index (χ1) is 9.97. The summed E-state index contributed by atoms with van der Waals surface area (Å²) in [5, 5.41) is 9.82. The molecule has 0 unspecified atom stereocenters. The number of ether oxygens (including phenoxy) is 1. The van der Waals surface area contributed by atoms with Crippen molar-refractivity contribution in [2.75, 3.05) is 13.7 Å². The molecule has 0 bridgehead atoms. The molecule has 1 amide bonds. The first-order valence-electron chi connectivity index (χ1n) is 5.90. The SMILES string of the molecule is C=CCN1C(=O)C(=Cc2cc(I)c(O)c(OC)c2)SC1=S. The van der Waals surface area contributed by atoms with E-state index in [2.05, 4.69) is 6.58 Å². The second kappa shape index (κ2) is 6.80. The van der Waals surface area contributed by atoms with Crippen LogP contribution in [0, 0.1) is 3.57 Å². The fraction of sp³-hybridized carbons (Fsp3) is 0.143. The normalized spacial score (nSPS) is 16.7. The Bertz CT molecular complexity index is 658. The van der Waals surface area contributed by atoms with Crippen LogP contribution in [0.25, 0.3) is 6.08 Å². The molecule has 0 radical (unpaired) electrons. The van der Waals surface area contributed by atoms with Crippen LogP contribution in [-0.2, 0) is 4.79 Å². The average molecular weight is 433 g/mol. The number of benzene rings is 1. The van der Waals surface area contributed by atoms with Crippen LogP contribution in [-0.4, -0.2) is 33.9 Å². The van der Waals surface area contributed by atoms with Crippen molar-refractivity contribution in [2.45, 2.75) is 0 Å². The van der Waals surface area contributed by atoms with Crippen molar-refractivity contribution in [1.82, 2.24) is 4.90 Å². The Morgan fingerprint density at radius 1 is 1.57 bits per heavy atom. The summed E-state index contributed by atoms with van der Waals surface area (Å²) in [7, 11) is 1.48. The average Bonchev–Trinajstić information content (AvgIpc) is 2.70. The van der Waals surface area contributed by atoms with Crippen LogP contribution in [0.15, 0.2) is 29.7 Å². The predicted octanol–water partition coefficient (Wildman–Crippen LogP) is 3.39. The third-order valence-electron chi connectivity index (χ3n) is 2.75. The standard InChI is InChI=1S/C14H12INO3S2/c1-3-4-16-13(18)11(21-14(16)20)7-8-5-9(15)12(17)10(6-8)19-2/h3,5-7,17H,1,4H2,2H3. The van der Waals surface area contributed by atoms with Crippen LogP contribution < -0.4 is 4.74 Å². The molecule has 0 aliphatic carbocycles. The Hall–Kier alpha value is -1.06. The lowest BCUT2D eigenvalue weighted by Gasteiger charge is -2.10. The highest BCUT2D eigenvalue weighted by Crippen LogP contribution is 2.36. The van der Waals surface area contributed by atoms with E-state index in [9.17, 15) is 9.90 Å². The van der Waals surface area contributed by atoms with E-state index in [0.29, 0.717) is 25.1 Å². The van der Waals surface area contributed by atoms with Crippen molar-refractivity contribution in [1.29, 1.82) is 0 Å². The summed E-state index contributed by atoms with van der Waals surface area (Å²) in [6.07, 6.45) is 3.38. The number of methoxy groups -OCH3 is 1. The number of phenolic OH excluding ortho intramolecular Hbond substituents is 1. The van der Waals surface area contributed by atoms with Crippen LogP contribution in [0.2, 0.25) is 0 Å². The van der Waals surface area contributed by atoms with Gasteiger partial charge in [0.1, 0.15) is 4.32 Å². The number of rotatable bonds is 4. The van der Waals surface area contributed by atoms with Crippen molar-refractivity contribution >= 4 is 62.9 Å². The summed E-state index contributed by atoms with van der Waals surface area (Å²) in [4.78, 5) is 14.3. The molecule has 1 saturated heterocycles. The van der Waals surface area contributed by atoms with E-state index in [0.717, 1.165) is 5.56 Å². The maximum Gasteiger partial charge on any atom is 0.266 e. The first kappa shape index (κ1) is 16.3. The molecule has 1 heterocycles. The minimum atomic E-state index is -0.132. The number of hydrogen-bond acceptors (Lipinski definition) is 5. The lowest BCUT2D eigenvalue weighted by molar-refractivity contribution is -0.121. The Labute approximate surface area is 146 Å². The van der Waals surface area contributed by atoms with Crippen LogP contribution >= 0.6 is 46.6 Å². The topological polar surface area (TPSA) is 49.8 Å². The fourth-order valence-corrected chi connectivity index (χ4v) is 3.67. The maximum absolute atomic E-state index is 12.2.